The summed E-state index contributed by atoms with van der Waals surface area (Å²) in [6.07, 6.45) is 0. The van der Waals surface area contributed by atoms with Gasteiger partial charge in [0.05, 0.1) is 38.2 Å². The summed E-state index contributed by atoms with van der Waals surface area (Å²) in [5, 5.41) is 2.78. The number of para-hydroxylation sites is 1. The van der Waals surface area contributed by atoms with Gasteiger partial charge in [-0.3, -0.25) is 4.79 Å². The number of esters is 1. The van der Waals surface area contributed by atoms with Gasteiger partial charge in [-0.15, -0.1) is 0 Å². The third-order valence-corrected chi connectivity index (χ3v) is 4.57. The zero-order valence-electron chi connectivity index (χ0n) is 17.6. The van der Waals surface area contributed by atoms with Gasteiger partial charge in [0.1, 0.15) is 5.75 Å². The van der Waals surface area contributed by atoms with Gasteiger partial charge < -0.3 is 19.5 Å². The van der Waals surface area contributed by atoms with E-state index in [0.717, 1.165) is 11.1 Å². The van der Waals surface area contributed by atoms with Crippen molar-refractivity contribution in [3.8, 4) is 5.75 Å². The fourth-order valence-electron chi connectivity index (χ4n) is 3.06. The molecule has 0 atom stereocenters. The highest BCUT2D eigenvalue weighted by Crippen LogP contribution is 2.23. The number of benzene rings is 3. The Morgan fingerprint density at radius 2 is 1.65 bits per heavy atom. The van der Waals surface area contributed by atoms with Crippen LogP contribution >= 0.6 is 0 Å². The molecule has 0 spiro atoms. The Morgan fingerprint density at radius 3 is 2.39 bits per heavy atom. The van der Waals surface area contributed by atoms with E-state index in [1.807, 2.05) is 37.3 Å². The zero-order chi connectivity index (χ0) is 22.1. The molecule has 0 heterocycles. The first-order valence-electron chi connectivity index (χ1n) is 9.98. The smallest absolute Gasteiger partial charge is 0.339 e. The van der Waals surface area contributed by atoms with Gasteiger partial charge in [0.25, 0.3) is 5.91 Å². The molecule has 3 rings (SSSR count). The van der Waals surface area contributed by atoms with Crippen molar-refractivity contribution in [1.29, 1.82) is 0 Å². The molecule has 0 aromatic heterocycles. The third-order valence-electron chi connectivity index (χ3n) is 4.57. The number of hydrogen-bond acceptors (Lipinski definition) is 5. The van der Waals surface area contributed by atoms with Gasteiger partial charge in [0.2, 0.25) is 0 Å². The highest BCUT2D eigenvalue weighted by Gasteiger charge is 2.16. The van der Waals surface area contributed by atoms with Gasteiger partial charge in [-0.05, 0) is 42.8 Å². The minimum absolute atomic E-state index is 0.288. The largest absolute Gasteiger partial charge is 0.494 e. The van der Waals surface area contributed by atoms with E-state index >= 15 is 0 Å². The SMILES string of the molecule is CCOc1ccc(C(=O)Nc2ccccc2C(=O)OC)cc1COCc1ccccc1. The van der Waals surface area contributed by atoms with Crippen LogP contribution in [0.3, 0.4) is 0 Å². The van der Waals surface area contributed by atoms with Gasteiger partial charge in [-0.2, -0.15) is 0 Å². The highest BCUT2D eigenvalue weighted by molar-refractivity contribution is 6.08. The summed E-state index contributed by atoms with van der Waals surface area (Å²) in [5.41, 5.74) is 2.94. The first-order valence-corrected chi connectivity index (χ1v) is 9.98. The average Bonchev–Trinajstić information content (AvgIpc) is 2.80. The van der Waals surface area contributed by atoms with Crippen LogP contribution in [0.5, 0.6) is 5.75 Å². The monoisotopic (exact) mass is 419 g/mol. The number of carbonyl (C=O) groups is 2. The third kappa shape index (κ3) is 5.93. The Kier molecular flexibility index (Phi) is 7.79. The lowest BCUT2D eigenvalue weighted by atomic mass is 10.1. The molecule has 0 saturated heterocycles. The molecule has 31 heavy (non-hydrogen) atoms. The molecule has 1 amide bonds. The van der Waals surface area contributed by atoms with Crippen LogP contribution in [-0.2, 0) is 22.7 Å². The van der Waals surface area contributed by atoms with E-state index < -0.39 is 5.97 Å². The van der Waals surface area contributed by atoms with Crippen molar-refractivity contribution in [2.24, 2.45) is 0 Å². The van der Waals surface area contributed by atoms with E-state index in [4.69, 9.17) is 14.2 Å². The van der Waals surface area contributed by atoms with Gasteiger partial charge in [0.15, 0.2) is 0 Å². The van der Waals surface area contributed by atoms with Crippen LogP contribution in [0.25, 0.3) is 0 Å². The Bertz CT molecular complexity index is 1030. The van der Waals surface area contributed by atoms with Crippen LogP contribution in [0.15, 0.2) is 72.8 Å². The number of rotatable bonds is 9. The number of amides is 1. The molecule has 0 aliphatic carbocycles. The molecular formula is C25H25NO5. The quantitative estimate of drug-likeness (QED) is 0.503. The summed E-state index contributed by atoms with van der Waals surface area (Å²) in [5.74, 6) is -0.191. The van der Waals surface area contributed by atoms with Crippen molar-refractivity contribution in [3.63, 3.8) is 0 Å². The van der Waals surface area contributed by atoms with E-state index in [1.165, 1.54) is 7.11 Å². The fraction of sp³-hybridized carbons (Fsp3) is 0.200. The summed E-state index contributed by atoms with van der Waals surface area (Å²) in [4.78, 5) is 24.8. The second kappa shape index (κ2) is 10.9. The number of carbonyl (C=O) groups excluding carboxylic acids is 2. The molecule has 0 fully saturated rings. The number of nitrogens with one attached hydrogen (secondary N) is 1. The van der Waals surface area contributed by atoms with E-state index in [1.54, 1.807) is 42.5 Å². The Balaban J connectivity index is 1.76. The van der Waals surface area contributed by atoms with Gasteiger partial charge in [-0.25, -0.2) is 4.79 Å². The van der Waals surface area contributed by atoms with E-state index in [0.29, 0.717) is 36.8 Å². The molecule has 0 aliphatic rings. The molecule has 3 aromatic carbocycles. The van der Waals surface area contributed by atoms with Crippen LogP contribution < -0.4 is 10.1 Å². The normalized spacial score (nSPS) is 10.4. The molecule has 0 saturated carbocycles. The zero-order valence-corrected chi connectivity index (χ0v) is 17.6. The maximum atomic E-state index is 12.8. The fourth-order valence-corrected chi connectivity index (χ4v) is 3.06. The summed E-state index contributed by atoms with van der Waals surface area (Å²) >= 11 is 0. The Morgan fingerprint density at radius 1 is 0.903 bits per heavy atom. The number of methoxy groups -OCH3 is 1. The predicted octanol–water partition coefficient (Wildman–Crippen LogP) is 4.84. The summed E-state index contributed by atoms with van der Waals surface area (Å²) in [6, 6.07) is 21.7. The minimum atomic E-state index is -0.516. The molecular weight excluding hydrogens is 394 g/mol. The lowest BCUT2D eigenvalue weighted by molar-refractivity contribution is 0.0602. The molecule has 6 nitrogen and oxygen atoms in total. The number of ether oxygens (including phenoxy) is 3. The van der Waals surface area contributed by atoms with Crippen molar-refractivity contribution in [3.05, 3.63) is 95.1 Å². The summed E-state index contributed by atoms with van der Waals surface area (Å²) in [7, 11) is 1.30. The van der Waals surface area contributed by atoms with E-state index in [2.05, 4.69) is 5.32 Å². The van der Waals surface area contributed by atoms with Crippen molar-refractivity contribution >= 4 is 17.6 Å². The maximum absolute atomic E-state index is 12.8. The average molecular weight is 419 g/mol. The molecule has 0 unspecified atom stereocenters. The highest BCUT2D eigenvalue weighted by atomic mass is 16.5. The standard InChI is InChI=1S/C25H25NO5/c1-3-31-23-14-13-19(15-20(23)17-30-16-18-9-5-4-6-10-18)24(27)26-22-12-8-7-11-21(22)25(28)29-2/h4-15H,3,16-17H2,1-2H3,(H,26,27). The van der Waals surface area contributed by atoms with Crippen LogP contribution in [0.4, 0.5) is 5.69 Å². The Hall–Kier alpha value is -3.64. The molecule has 0 radical (unpaired) electrons. The lowest BCUT2D eigenvalue weighted by Gasteiger charge is -2.14. The van der Waals surface area contributed by atoms with Crippen LogP contribution in [0.2, 0.25) is 0 Å². The first-order chi connectivity index (χ1) is 15.1. The Labute approximate surface area is 181 Å². The topological polar surface area (TPSA) is 73.9 Å². The van der Waals surface area contributed by atoms with Crippen LogP contribution in [-0.4, -0.2) is 25.6 Å². The molecule has 0 bridgehead atoms. The summed E-state index contributed by atoms with van der Waals surface area (Å²) < 4.78 is 16.3. The summed E-state index contributed by atoms with van der Waals surface area (Å²) in [6.45, 7) is 3.15. The number of anilines is 1. The van der Waals surface area contributed by atoms with Crippen molar-refractivity contribution < 1.29 is 23.8 Å². The van der Waals surface area contributed by atoms with Gasteiger partial charge >= 0.3 is 5.97 Å². The second-order valence-electron chi connectivity index (χ2n) is 6.73. The molecule has 3 aromatic rings. The first kappa shape index (κ1) is 22.1. The van der Waals surface area contributed by atoms with Crippen LogP contribution in [0, 0.1) is 0 Å². The van der Waals surface area contributed by atoms with Gasteiger partial charge in [0, 0.05) is 11.1 Å². The maximum Gasteiger partial charge on any atom is 0.339 e. The van der Waals surface area contributed by atoms with Gasteiger partial charge in [-0.1, -0.05) is 42.5 Å². The molecule has 160 valence electrons. The van der Waals surface area contributed by atoms with E-state index in [9.17, 15) is 9.59 Å². The molecule has 0 aliphatic heterocycles. The minimum Gasteiger partial charge on any atom is -0.494 e. The van der Waals surface area contributed by atoms with E-state index in [-0.39, 0.29) is 11.5 Å². The van der Waals surface area contributed by atoms with Crippen molar-refractivity contribution in [2.45, 2.75) is 20.1 Å². The lowest BCUT2D eigenvalue weighted by Crippen LogP contribution is -2.16. The number of hydrogen-bond donors (Lipinski definition) is 1. The second-order valence-corrected chi connectivity index (χ2v) is 6.73. The van der Waals surface area contributed by atoms with Crippen molar-refractivity contribution in [2.75, 3.05) is 19.0 Å². The predicted molar refractivity (Wildman–Crippen MR) is 118 cm³/mol. The molecule has 1 N–H and O–H groups in total. The van der Waals surface area contributed by atoms with Crippen molar-refractivity contribution in [1.82, 2.24) is 0 Å². The molecule has 6 heteroatoms. The van der Waals surface area contributed by atoms with Crippen LogP contribution in [0.1, 0.15) is 38.8 Å².